The van der Waals surface area contributed by atoms with Crippen LogP contribution in [0.3, 0.4) is 0 Å². The lowest BCUT2D eigenvalue weighted by molar-refractivity contribution is 0.0474. The number of carbonyl (C=O) groups excluding carboxylic acids is 2. The third-order valence-corrected chi connectivity index (χ3v) is 6.44. The number of rotatable bonds is 11. The number of Topliss-reactive ketones (excluding diaryl/α,β-unsaturated/α-hetero) is 1. The lowest BCUT2D eigenvalue weighted by Gasteiger charge is -2.28. The van der Waals surface area contributed by atoms with E-state index in [1.807, 2.05) is 12.1 Å². The summed E-state index contributed by atoms with van der Waals surface area (Å²) in [5, 5.41) is 0. The van der Waals surface area contributed by atoms with Crippen LogP contribution in [-0.2, 0) is 4.74 Å². The molecule has 0 N–H and O–H groups in total. The van der Waals surface area contributed by atoms with E-state index in [2.05, 4.69) is 26.0 Å². The minimum absolute atomic E-state index is 0.184. The van der Waals surface area contributed by atoms with E-state index in [1.165, 1.54) is 44.1 Å². The van der Waals surface area contributed by atoms with E-state index < -0.39 is 5.97 Å². The number of carbonyl (C=O) groups is 2. The normalized spacial score (nSPS) is 18.2. The molecule has 0 spiro atoms. The molecular formula is C28H36O4. The van der Waals surface area contributed by atoms with Crippen molar-refractivity contribution in [3.8, 4) is 5.75 Å². The van der Waals surface area contributed by atoms with Crippen LogP contribution in [0.4, 0.5) is 0 Å². The maximum absolute atomic E-state index is 12.5. The molecule has 0 radical (unpaired) electrons. The smallest absolute Gasteiger partial charge is 0.338 e. The summed E-state index contributed by atoms with van der Waals surface area (Å²) < 4.78 is 10.8. The molecule has 4 nitrogen and oxygen atoms in total. The van der Waals surface area contributed by atoms with Gasteiger partial charge in [-0.25, -0.2) is 4.79 Å². The third-order valence-electron chi connectivity index (χ3n) is 6.44. The second-order valence-electron chi connectivity index (χ2n) is 8.85. The Bertz CT molecular complexity index is 846. The first kappa shape index (κ1) is 24.0. The molecule has 2 aromatic carbocycles. The second kappa shape index (κ2) is 12.4. The molecule has 3 rings (SSSR count). The van der Waals surface area contributed by atoms with E-state index in [-0.39, 0.29) is 12.4 Å². The molecule has 1 aliphatic rings. The monoisotopic (exact) mass is 436 g/mol. The molecule has 1 saturated carbocycles. The number of benzene rings is 2. The van der Waals surface area contributed by atoms with Crippen LogP contribution >= 0.6 is 0 Å². The van der Waals surface area contributed by atoms with Crippen molar-refractivity contribution >= 4 is 11.8 Å². The summed E-state index contributed by atoms with van der Waals surface area (Å²) >= 11 is 0. The predicted octanol–water partition coefficient (Wildman–Crippen LogP) is 6.98. The molecule has 0 amide bonds. The molecule has 0 heterocycles. The summed E-state index contributed by atoms with van der Waals surface area (Å²) in [5.74, 6) is 1.52. The molecule has 0 saturated heterocycles. The number of hydrogen-bond acceptors (Lipinski definition) is 4. The zero-order valence-corrected chi connectivity index (χ0v) is 19.5. The highest BCUT2D eigenvalue weighted by Gasteiger charge is 2.22. The highest BCUT2D eigenvalue weighted by Crippen LogP contribution is 2.37. The van der Waals surface area contributed by atoms with Gasteiger partial charge in [0, 0.05) is 5.56 Å². The number of ether oxygens (including phenoxy) is 2. The Morgan fingerprint density at radius 1 is 0.844 bits per heavy atom. The fraction of sp³-hybridized carbons (Fsp3) is 0.500. The molecule has 0 aromatic heterocycles. The number of esters is 1. The highest BCUT2D eigenvalue weighted by molar-refractivity contribution is 5.99. The maximum Gasteiger partial charge on any atom is 0.338 e. The fourth-order valence-electron chi connectivity index (χ4n) is 4.45. The zero-order valence-electron chi connectivity index (χ0n) is 19.5. The van der Waals surface area contributed by atoms with E-state index in [4.69, 9.17) is 9.47 Å². The fourth-order valence-corrected chi connectivity index (χ4v) is 4.45. The topological polar surface area (TPSA) is 52.6 Å². The van der Waals surface area contributed by atoms with Crippen LogP contribution in [0.1, 0.15) is 97.4 Å². The van der Waals surface area contributed by atoms with E-state index in [0.29, 0.717) is 23.7 Å². The van der Waals surface area contributed by atoms with Crippen LogP contribution < -0.4 is 4.74 Å². The molecule has 0 unspecified atom stereocenters. The van der Waals surface area contributed by atoms with Gasteiger partial charge in [-0.05, 0) is 73.8 Å². The van der Waals surface area contributed by atoms with Crippen LogP contribution in [0.15, 0.2) is 48.5 Å². The molecule has 0 aliphatic heterocycles. The molecular weight excluding hydrogens is 400 g/mol. The average molecular weight is 437 g/mol. The minimum atomic E-state index is -0.501. The number of hydrogen-bond donors (Lipinski definition) is 0. The first-order valence-electron chi connectivity index (χ1n) is 12.1. The van der Waals surface area contributed by atoms with Gasteiger partial charge >= 0.3 is 5.97 Å². The molecule has 4 heteroatoms. The van der Waals surface area contributed by atoms with Gasteiger partial charge in [0.2, 0.25) is 0 Å². The van der Waals surface area contributed by atoms with E-state index in [1.54, 1.807) is 24.3 Å². The van der Waals surface area contributed by atoms with E-state index in [0.717, 1.165) is 24.5 Å². The van der Waals surface area contributed by atoms with E-state index in [9.17, 15) is 9.59 Å². The largest absolute Gasteiger partial charge is 0.494 e. The lowest BCUT2D eigenvalue weighted by atomic mass is 9.77. The summed E-state index contributed by atoms with van der Waals surface area (Å²) in [6, 6.07) is 14.7. The quantitative estimate of drug-likeness (QED) is 0.217. The first-order chi connectivity index (χ1) is 15.6. The summed E-state index contributed by atoms with van der Waals surface area (Å²) in [7, 11) is 0. The predicted molar refractivity (Wildman–Crippen MR) is 128 cm³/mol. The first-order valence-corrected chi connectivity index (χ1v) is 12.1. The molecule has 2 aromatic rings. The average Bonchev–Trinajstić information content (AvgIpc) is 2.84. The third kappa shape index (κ3) is 6.94. The van der Waals surface area contributed by atoms with Crippen molar-refractivity contribution in [3.05, 3.63) is 65.2 Å². The van der Waals surface area contributed by atoms with Gasteiger partial charge in [0.15, 0.2) is 12.4 Å². The van der Waals surface area contributed by atoms with Gasteiger partial charge in [-0.3, -0.25) is 4.79 Å². The highest BCUT2D eigenvalue weighted by atomic mass is 16.5. The zero-order chi connectivity index (χ0) is 22.8. The summed E-state index contributed by atoms with van der Waals surface area (Å²) in [6.07, 6.45) is 9.76. The summed E-state index contributed by atoms with van der Waals surface area (Å²) in [5.41, 5.74) is 2.31. The van der Waals surface area contributed by atoms with Crippen molar-refractivity contribution in [2.24, 2.45) is 5.92 Å². The standard InChI is InChI=1S/C28H36O4/c1-3-5-19-31-26-17-15-25(16-18-26)28(30)32-20-27(29)24-13-11-23(12-14-24)22-9-7-21(6-4-2)8-10-22/h11-18,21-22H,3-10,19-20H2,1-2H3. The Kier molecular flexibility index (Phi) is 9.33. The molecule has 172 valence electrons. The summed E-state index contributed by atoms with van der Waals surface area (Å²) in [6.45, 7) is 4.78. The SMILES string of the molecule is CCCCOc1ccc(C(=O)OCC(=O)c2ccc(C3CCC(CCC)CC3)cc2)cc1. The molecule has 1 aliphatic carbocycles. The lowest BCUT2D eigenvalue weighted by Crippen LogP contribution is -2.15. The van der Waals surface area contributed by atoms with Crippen LogP contribution in [-0.4, -0.2) is 25.0 Å². The maximum atomic E-state index is 12.5. The van der Waals surface area contributed by atoms with Gasteiger partial charge in [-0.1, -0.05) is 57.4 Å². The van der Waals surface area contributed by atoms with Gasteiger partial charge < -0.3 is 9.47 Å². The van der Waals surface area contributed by atoms with Crippen molar-refractivity contribution in [1.82, 2.24) is 0 Å². The van der Waals surface area contributed by atoms with Crippen molar-refractivity contribution in [1.29, 1.82) is 0 Å². The van der Waals surface area contributed by atoms with Gasteiger partial charge in [-0.15, -0.1) is 0 Å². The van der Waals surface area contributed by atoms with Gasteiger partial charge in [0.1, 0.15) is 5.75 Å². The molecule has 32 heavy (non-hydrogen) atoms. The molecule has 0 atom stereocenters. The van der Waals surface area contributed by atoms with Crippen LogP contribution in [0.2, 0.25) is 0 Å². The van der Waals surface area contributed by atoms with Crippen LogP contribution in [0.25, 0.3) is 0 Å². The Morgan fingerprint density at radius 3 is 2.12 bits per heavy atom. The van der Waals surface area contributed by atoms with Gasteiger partial charge in [0.05, 0.1) is 12.2 Å². The minimum Gasteiger partial charge on any atom is -0.494 e. The Balaban J connectivity index is 1.46. The number of ketones is 1. The summed E-state index contributed by atoms with van der Waals surface area (Å²) in [4.78, 5) is 24.8. The number of unbranched alkanes of at least 4 members (excludes halogenated alkanes) is 1. The van der Waals surface area contributed by atoms with Crippen LogP contribution in [0.5, 0.6) is 5.75 Å². The van der Waals surface area contributed by atoms with Crippen molar-refractivity contribution in [2.75, 3.05) is 13.2 Å². The van der Waals surface area contributed by atoms with Gasteiger partial charge in [-0.2, -0.15) is 0 Å². The second-order valence-corrected chi connectivity index (χ2v) is 8.85. The Labute approximate surface area is 192 Å². The Hall–Kier alpha value is -2.62. The Morgan fingerprint density at radius 2 is 1.50 bits per heavy atom. The van der Waals surface area contributed by atoms with Crippen molar-refractivity contribution in [2.45, 2.75) is 71.1 Å². The molecule has 0 bridgehead atoms. The molecule has 1 fully saturated rings. The van der Waals surface area contributed by atoms with Crippen molar-refractivity contribution in [3.63, 3.8) is 0 Å². The van der Waals surface area contributed by atoms with Crippen LogP contribution in [0, 0.1) is 5.92 Å². The van der Waals surface area contributed by atoms with Crippen molar-refractivity contribution < 1.29 is 19.1 Å². The van der Waals surface area contributed by atoms with E-state index >= 15 is 0 Å². The van der Waals surface area contributed by atoms with Gasteiger partial charge in [0.25, 0.3) is 0 Å².